The molecule has 2 atom stereocenters. The molecule has 122 valence electrons. The first kappa shape index (κ1) is 17.6. The van der Waals surface area contributed by atoms with E-state index in [-0.39, 0.29) is 5.91 Å². The molecule has 1 aliphatic rings. The molecule has 1 fully saturated rings. The Bertz CT molecular complexity index is 537. The first-order valence-corrected chi connectivity index (χ1v) is 8.67. The molecule has 1 saturated carbocycles. The van der Waals surface area contributed by atoms with E-state index in [1.807, 2.05) is 0 Å². The maximum atomic E-state index is 12.1. The normalized spacial score (nSPS) is 17.2. The van der Waals surface area contributed by atoms with Crippen LogP contribution in [0.2, 0.25) is 5.02 Å². The van der Waals surface area contributed by atoms with Crippen LogP contribution in [-0.2, 0) is 4.79 Å². The van der Waals surface area contributed by atoms with Crippen molar-refractivity contribution in [2.75, 3.05) is 13.6 Å². The van der Waals surface area contributed by atoms with Gasteiger partial charge < -0.3 is 10.1 Å². The van der Waals surface area contributed by atoms with E-state index in [0.717, 1.165) is 4.47 Å². The summed E-state index contributed by atoms with van der Waals surface area (Å²) in [6, 6.07) is 6.24. The van der Waals surface area contributed by atoms with Crippen LogP contribution in [-0.4, -0.2) is 42.6 Å². The van der Waals surface area contributed by atoms with Gasteiger partial charge in [-0.3, -0.25) is 9.69 Å². The van der Waals surface area contributed by atoms with Gasteiger partial charge in [0.25, 0.3) is 5.91 Å². The quantitative estimate of drug-likeness (QED) is 0.776. The number of carbonyl (C=O) groups excluding carboxylic acids is 1. The van der Waals surface area contributed by atoms with Crippen LogP contribution in [0.15, 0.2) is 22.7 Å². The van der Waals surface area contributed by atoms with Crippen LogP contribution in [0.4, 0.5) is 0 Å². The van der Waals surface area contributed by atoms with Crippen molar-refractivity contribution >= 4 is 33.4 Å². The van der Waals surface area contributed by atoms with E-state index in [1.54, 1.807) is 25.1 Å². The van der Waals surface area contributed by atoms with Gasteiger partial charge >= 0.3 is 0 Å². The van der Waals surface area contributed by atoms with Gasteiger partial charge in [0, 0.05) is 23.7 Å². The minimum atomic E-state index is -0.559. The van der Waals surface area contributed by atoms with Crippen LogP contribution < -0.4 is 10.1 Å². The van der Waals surface area contributed by atoms with Crippen molar-refractivity contribution < 1.29 is 9.53 Å². The number of rotatable bonds is 7. The fraction of sp³-hybridized carbons (Fsp3) is 0.562. The molecule has 1 aliphatic carbocycles. The average Bonchev–Trinajstić information content (AvgIpc) is 3.31. The summed E-state index contributed by atoms with van der Waals surface area (Å²) < 4.78 is 6.42. The lowest BCUT2D eigenvalue weighted by Crippen LogP contribution is -2.44. The zero-order chi connectivity index (χ0) is 16.3. The summed E-state index contributed by atoms with van der Waals surface area (Å²) in [4.78, 5) is 14.5. The van der Waals surface area contributed by atoms with Crippen molar-refractivity contribution in [2.24, 2.45) is 0 Å². The van der Waals surface area contributed by atoms with E-state index in [9.17, 15) is 4.79 Å². The molecule has 0 spiro atoms. The number of carbonyl (C=O) groups is 1. The Hall–Kier alpha value is -0.780. The second-order valence-corrected chi connectivity index (χ2v) is 7.12. The van der Waals surface area contributed by atoms with Gasteiger partial charge in [-0.05, 0) is 67.9 Å². The molecule has 1 aromatic rings. The average molecular weight is 390 g/mol. The maximum Gasteiger partial charge on any atom is 0.260 e. The number of hydrogen-bond acceptors (Lipinski definition) is 3. The SMILES string of the molecule is CC(Oc1ccc(Cl)cc1Br)C(=O)NCC(C)N(C)C1CC1. The van der Waals surface area contributed by atoms with Gasteiger partial charge in [-0.1, -0.05) is 11.6 Å². The van der Waals surface area contributed by atoms with E-state index in [4.69, 9.17) is 16.3 Å². The Morgan fingerprint density at radius 1 is 1.50 bits per heavy atom. The van der Waals surface area contributed by atoms with Gasteiger partial charge in [0.2, 0.25) is 0 Å². The molecule has 1 N–H and O–H groups in total. The Morgan fingerprint density at radius 2 is 2.18 bits per heavy atom. The van der Waals surface area contributed by atoms with Crippen LogP contribution in [0.3, 0.4) is 0 Å². The number of likely N-dealkylation sites (N-methyl/N-ethyl adjacent to an activating group) is 1. The number of hydrogen-bond donors (Lipinski definition) is 1. The molecule has 6 heteroatoms. The highest BCUT2D eigenvalue weighted by Gasteiger charge is 2.29. The van der Waals surface area contributed by atoms with Gasteiger partial charge in [0.15, 0.2) is 6.10 Å². The molecule has 2 unspecified atom stereocenters. The molecule has 0 aliphatic heterocycles. The monoisotopic (exact) mass is 388 g/mol. The molecule has 1 amide bonds. The molecule has 0 radical (unpaired) electrons. The predicted octanol–water partition coefficient (Wildman–Crippen LogP) is 3.47. The van der Waals surface area contributed by atoms with Crippen LogP contribution >= 0.6 is 27.5 Å². The van der Waals surface area contributed by atoms with E-state index in [2.05, 4.69) is 40.1 Å². The van der Waals surface area contributed by atoms with Crippen molar-refractivity contribution in [3.05, 3.63) is 27.7 Å². The third-order valence-corrected chi connectivity index (χ3v) is 4.81. The number of nitrogens with one attached hydrogen (secondary N) is 1. The molecule has 4 nitrogen and oxygen atoms in total. The highest BCUT2D eigenvalue weighted by Crippen LogP contribution is 2.29. The molecular weight excluding hydrogens is 368 g/mol. The Labute approximate surface area is 145 Å². The van der Waals surface area contributed by atoms with Crippen molar-refractivity contribution in [1.29, 1.82) is 0 Å². The van der Waals surface area contributed by atoms with Gasteiger partial charge in [-0.25, -0.2) is 0 Å². The van der Waals surface area contributed by atoms with E-state index in [1.165, 1.54) is 12.8 Å². The van der Waals surface area contributed by atoms with Gasteiger partial charge in [-0.15, -0.1) is 0 Å². The predicted molar refractivity (Wildman–Crippen MR) is 92.5 cm³/mol. The maximum absolute atomic E-state index is 12.1. The summed E-state index contributed by atoms with van der Waals surface area (Å²) >= 11 is 9.27. The minimum absolute atomic E-state index is 0.113. The number of ether oxygens (including phenoxy) is 1. The summed E-state index contributed by atoms with van der Waals surface area (Å²) in [6.45, 7) is 4.49. The number of halogens is 2. The van der Waals surface area contributed by atoms with E-state index >= 15 is 0 Å². The molecule has 0 aromatic heterocycles. The molecule has 0 bridgehead atoms. The third-order valence-electron chi connectivity index (χ3n) is 3.96. The van der Waals surface area contributed by atoms with Crippen LogP contribution in [0.1, 0.15) is 26.7 Å². The largest absolute Gasteiger partial charge is 0.480 e. The Morgan fingerprint density at radius 3 is 2.77 bits per heavy atom. The first-order valence-electron chi connectivity index (χ1n) is 7.50. The summed E-state index contributed by atoms with van der Waals surface area (Å²) in [5, 5.41) is 3.57. The van der Waals surface area contributed by atoms with Crippen LogP contribution in [0, 0.1) is 0 Å². The minimum Gasteiger partial charge on any atom is -0.480 e. The number of amides is 1. The second kappa shape index (κ2) is 7.66. The number of nitrogens with zero attached hydrogens (tertiary/aromatic N) is 1. The molecule has 2 rings (SSSR count). The molecule has 0 heterocycles. The van der Waals surface area contributed by atoms with Crippen molar-refractivity contribution in [1.82, 2.24) is 10.2 Å². The van der Waals surface area contributed by atoms with Crippen molar-refractivity contribution in [3.63, 3.8) is 0 Å². The fourth-order valence-electron chi connectivity index (χ4n) is 2.19. The summed E-state index contributed by atoms with van der Waals surface area (Å²) in [5.41, 5.74) is 0. The fourth-order valence-corrected chi connectivity index (χ4v) is 2.97. The van der Waals surface area contributed by atoms with Gasteiger partial charge in [0.05, 0.1) is 4.47 Å². The lowest BCUT2D eigenvalue weighted by atomic mass is 10.2. The van der Waals surface area contributed by atoms with Gasteiger partial charge in [-0.2, -0.15) is 0 Å². The van der Waals surface area contributed by atoms with Crippen molar-refractivity contribution in [2.45, 2.75) is 44.9 Å². The summed E-state index contributed by atoms with van der Waals surface area (Å²) in [5.74, 6) is 0.494. The van der Waals surface area contributed by atoms with Crippen LogP contribution in [0.25, 0.3) is 0 Å². The third kappa shape index (κ3) is 4.86. The zero-order valence-corrected chi connectivity index (χ0v) is 15.4. The van der Waals surface area contributed by atoms with Crippen LogP contribution in [0.5, 0.6) is 5.75 Å². The molecule has 22 heavy (non-hydrogen) atoms. The smallest absolute Gasteiger partial charge is 0.260 e. The molecular formula is C16H22BrClN2O2. The highest BCUT2D eigenvalue weighted by atomic mass is 79.9. The summed E-state index contributed by atoms with van der Waals surface area (Å²) in [7, 11) is 2.11. The lowest BCUT2D eigenvalue weighted by Gasteiger charge is -2.25. The topological polar surface area (TPSA) is 41.6 Å². The second-order valence-electron chi connectivity index (χ2n) is 5.83. The highest BCUT2D eigenvalue weighted by molar-refractivity contribution is 9.10. The zero-order valence-electron chi connectivity index (χ0n) is 13.1. The molecule has 1 aromatic carbocycles. The van der Waals surface area contributed by atoms with E-state index < -0.39 is 6.10 Å². The van der Waals surface area contributed by atoms with E-state index in [0.29, 0.717) is 29.4 Å². The van der Waals surface area contributed by atoms with Gasteiger partial charge in [0.1, 0.15) is 5.75 Å². The molecule has 0 saturated heterocycles. The summed E-state index contributed by atoms with van der Waals surface area (Å²) in [6.07, 6.45) is 1.97. The standard InChI is InChI=1S/C16H22BrClN2O2/c1-10(20(3)13-5-6-13)9-19-16(21)11(2)22-15-7-4-12(18)8-14(15)17/h4,7-8,10-11,13H,5-6,9H2,1-3H3,(H,19,21). The lowest BCUT2D eigenvalue weighted by molar-refractivity contribution is -0.127. The Balaban J connectivity index is 1.81. The Kier molecular flexibility index (Phi) is 6.12. The van der Waals surface area contributed by atoms with Crippen molar-refractivity contribution in [3.8, 4) is 5.75 Å². The number of benzene rings is 1. The first-order chi connectivity index (χ1) is 10.4.